The molecular weight excluding hydrogens is 743 g/mol. The average molecular weight is 786 g/mol. The minimum absolute atomic E-state index is 0.952. The van der Waals surface area contributed by atoms with E-state index in [2.05, 4.69) is 229 Å². The minimum atomic E-state index is -1.40. The maximum atomic E-state index is 5.19. The number of rotatable bonds is 7. The largest absolute Gasteiger partial charge is 0.309 e. The van der Waals surface area contributed by atoms with Crippen molar-refractivity contribution in [3.63, 3.8) is 0 Å². The highest BCUT2D eigenvalue weighted by Gasteiger charge is 2.19. The fourth-order valence-electron chi connectivity index (χ4n) is 8.99. The lowest BCUT2D eigenvalue weighted by molar-refractivity contribution is 1.18. The molecule has 0 aliphatic rings. The molecule has 3 nitrogen and oxygen atoms in total. The number of hydrogen-bond acceptors (Lipinski definition) is 1. The van der Waals surface area contributed by atoms with E-state index in [-0.39, 0.29) is 0 Å². The SMILES string of the molecule is C[Si](C)(C)c1ccc(-n2c3ccccc3c3cc(-c4ccc5c(c4)c4ccccc4n5-c4ccc(-c5cc(-c6ccccc6)cc(-c6ccccc6)n5)cc4)ccc32)cc1. The Balaban J connectivity index is 0.990. The first kappa shape index (κ1) is 35.9. The van der Waals surface area contributed by atoms with Gasteiger partial charge in [-0.15, -0.1) is 0 Å². The van der Waals surface area contributed by atoms with E-state index in [1.807, 2.05) is 6.07 Å². The van der Waals surface area contributed by atoms with Crippen LogP contribution < -0.4 is 5.19 Å². The molecule has 0 saturated carbocycles. The summed E-state index contributed by atoms with van der Waals surface area (Å²) in [5.74, 6) is 0. The van der Waals surface area contributed by atoms with Crippen molar-refractivity contribution in [2.75, 3.05) is 0 Å². The summed E-state index contributed by atoms with van der Waals surface area (Å²) in [6.45, 7) is 7.22. The van der Waals surface area contributed by atoms with Gasteiger partial charge in [0.15, 0.2) is 0 Å². The Kier molecular flexibility index (Phi) is 8.50. The van der Waals surface area contributed by atoms with Crippen LogP contribution in [0.25, 0.3) is 99.8 Å². The highest BCUT2D eigenvalue weighted by molar-refractivity contribution is 6.88. The quantitative estimate of drug-likeness (QED) is 0.148. The third kappa shape index (κ3) is 6.16. The van der Waals surface area contributed by atoms with Crippen LogP contribution >= 0.6 is 0 Å². The highest BCUT2D eigenvalue weighted by Crippen LogP contribution is 2.39. The lowest BCUT2D eigenvalue weighted by atomic mass is 10.00. The first-order valence-corrected chi connectivity index (χ1v) is 24.3. The summed E-state index contributed by atoms with van der Waals surface area (Å²) < 4.78 is 4.81. The summed E-state index contributed by atoms with van der Waals surface area (Å²) in [6, 6.07) is 75.1. The van der Waals surface area contributed by atoms with Gasteiger partial charge in [0.25, 0.3) is 0 Å². The van der Waals surface area contributed by atoms with Crippen LogP contribution in [0.1, 0.15) is 0 Å². The predicted octanol–water partition coefficient (Wildman–Crippen LogP) is 14.5. The molecule has 3 aromatic heterocycles. The summed E-state index contributed by atoms with van der Waals surface area (Å²) in [6.07, 6.45) is 0. The van der Waals surface area contributed by atoms with Crippen molar-refractivity contribution < 1.29 is 0 Å². The van der Waals surface area contributed by atoms with Crippen molar-refractivity contribution in [2.24, 2.45) is 0 Å². The van der Waals surface area contributed by atoms with Crippen molar-refractivity contribution in [3.05, 3.63) is 206 Å². The van der Waals surface area contributed by atoms with Crippen LogP contribution in [0.3, 0.4) is 0 Å². The molecule has 0 saturated heterocycles. The van der Waals surface area contributed by atoms with Gasteiger partial charge in [-0.25, -0.2) is 4.98 Å². The minimum Gasteiger partial charge on any atom is -0.309 e. The van der Waals surface area contributed by atoms with Gasteiger partial charge in [0, 0.05) is 44.0 Å². The summed E-state index contributed by atoms with van der Waals surface area (Å²) >= 11 is 0. The Labute approximate surface area is 351 Å². The monoisotopic (exact) mass is 785 g/mol. The fourth-order valence-corrected chi connectivity index (χ4v) is 10.2. The van der Waals surface area contributed by atoms with Gasteiger partial charge in [0.2, 0.25) is 0 Å². The molecule has 0 fully saturated rings. The Hall–Kier alpha value is -7.27. The zero-order valence-electron chi connectivity index (χ0n) is 34.0. The standard InChI is InChI=1S/C56H43N3Si/c1-60(2,3)46-30-28-45(29-31-46)59-54-21-13-11-19-48(54)50-35-42(25-33-56(50)59)41-24-32-55-49(34-41)47-18-10-12-20-53(47)58(55)44-26-22-40(23-27-44)52-37-43(38-14-6-4-7-15-38)36-51(57-52)39-16-8-5-9-17-39/h4-37H,1-3H3. The van der Waals surface area contributed by atoms with Crippen LogP contribution in [0.15, 0.2) is 206 Å². The summed E-state index contributed by atoms with van der Waals surface area (Å²) in [7, 11) is -1.40. The Morgan fingerprint density at radius 2 is 0.717 bits per heavy atom. The number of pyridine rings is 1. The van der Waals surface area contributed by atoms with E-state index in [1.165, 1.54) is 71.2 Å². The third-order valence-corrected chi connectivity index (χ3v) is 14.2. The Morgan fingerprint density at radius 1 is 0.317 bits per heavy atom. The summed E-state index contributed by atoms with van der Waals surface area (Å²) in [4.78, 5) is 5.19. The van der Waals surface area contributed by atoms with Gasteiger partial charge in [0.1, 0.15) is 0 Å². The molecule has 0 amide bonds. The fraction of sp³-hybridized carbons (Fsp3) is 0.0536. The molecule has 0 atom stereocenters. The molecule has 286 valence electrons. The first-order valence-electron chi connectivity index (χ1n) is 20.8. The van der Waals surface area contributed by atoms with E-state index < -0.39 is 8.07 Å². The topological polar surface area (TPSA) is 22.8 Å². The van der Waals surface area contributed by atoms with Crippen LogP contribution in [-0.2, 0) is 0 Å². The summed E-state index contributed by atoms with van der Waals surface area (Å²) in [5.41, 5.74) is 16.0. The summed E-state index contributed by atoms with van der Waals surface area (Å²) in [5, 5.41) is 6.48. The molecule has 11 aromatic rings. The molecule has 4 heteroatoms. The van der Waals surface area contributed by atoms with E-state index in [9.17, 15) is 0 Å². The van der Waals surface area contributed by atoms with Gasteiger partial charge in [-0.2, -0.15) is 0 Å². The van der Waals surface area contributed by atoms with E-state index in [0.29, 0.717) is 0 Å². The van der Waals surface area contributed by atoms with E-state index in [1.54, 1.807) is 0 Å². The predicted molar refractivity (Wildman–Crippen MR) is 258 cm³/mol. The lowest BCUT2D eigenvalue weighted by Crippen LogP contribution is -2.37. The van der Waals surface area contributed by atoms with Crippen LogP contribution in [0, 0.1) is 0 Å². The molecule has 0 radical (unpaired) electrons. The van der Waals surface area contributed by atoms with Gasteiger partial charge in [-0.05, 0) is 95.1 Å². The van der Waals surface area contributed by atoms with E-state index in [4.69, 9.17) is 4.98 Å². The van der Waals surface area contributed by atoms with E-state index >= 15 is 0 Å². The maximum absolute atomic E-state index is 5.19. The number of aromatic nitrogens is 3. The van der Waals surface area contributed by atoms with Gasteiger partial charge in [0.05, 0.1) is 41.5 Å². The van der Waals surface area contributed by atoms with Crippen molar-refractivity contribution in [1.29, 1.82) is 0 Å². The second-order valence-corrected chi connectivity index (χ2v) is 21.9. The first-order chi connectivity index (χ1) is 29.4. The molecule has 60 heavy (non-hydrogen) atoms. The molecule has 3 heterocycles. The van der Waals surface area contributed by atoms with Crippen LogP contribution in [0.5, 0.6) is 0 Å². The zero-order valence-corrected chi connectivity index (χ0v) is 35.0. The lowest BCUT2D eigenvalue weighted by Gasteiger charge is -2.17. The van der Waals surface area contributed by atoms with Gasteiger partial charge in [-0.3, -0.25) is 0 Å². The molecule has 0 N–H and O–H groups in total. The van der Waals surface area contributed by atoms with Crippen LogP contribution in [0.4, 0.5) is 0 Å². The van der Waals surface area contributed by atoms with Gasteiger partial charge in [-0.1, -0.05) is 158 Å². The molecule has 0 aliphatic carbocycles. The molecule has 8 aromatic carbocycles. The number of hydrogen-bond donors (Lipinski definition) is 0. The highest BCUT2D eigenvalue weighted by atomic mass is 28.3. The zero-order chi connectivity index (χ0) is 40.4. The number of benzene rings is 8. The molecule has 11 rings (SSSR count). The number of para-hydroxylation sites is 2. The molecule has 0 unspecified atom stereocenters. The molecule has 0 bridgehead atoms. The van der Waals surface area contributed by atoms with Crippen molar-refractivity contribution in [1.82, 2.24) is 14.1 Å². The van der Waals surface area contributed by atoms with E-state index in [0.717, 1.165) is 33.8 Å². The number of nitrogens with zero attached hydrogens (tertiary/aromatic N) is 3. The smallest absolute Gasteiger partial charge is 0.0775 e. The molecule has 0 spiro atoms. The van der Waals surface area contributed by atoms with Crippen molar-refractivity contribution >= 4 is 56.9 Å². The maximum Gasteiger partial charge on any atom is 0.0775 e. The van der Waals surface area contributed by atoms with Gasteiger partial charge >= 0.3 is 0 Å². The van der Waals surface area contributed by atoms with Crippen molar-refractivity contribution in [3.8, 4) is 56.1 Å². The van der Waals surface area contributed by atoms with Crippen LogP contribution in [-0.4, -0.2) is 22.2 Å². The molecule has 0 aliphatic heterocycles. The van der Waals surface area contributed by atoms with Gasteiger partial charge < -0.3 is 9.13 Å². The molecular formula is C56H43N3Si. The number of fused-ring (bicyclic) bond motifs is 6. The van der Waals surface area contributed by atoms with Crippen LogP contribution in [0.2, 0.25) is 19.6 Å². The normalized spacial score (nSPS) is 11.9. The third-order valence-electron chi connectivity index (χ3n) is 12.1. The second kappa shape index (κ2) is 14.2. The Bertz CT molecular complexity index is 3310. The average Bonchev–Trinajstić information content (AvgIpc) is 3.81. The second-order valence-electron chi connectivity index (χ2n) is 16.9. The van der Waals surface area contributed by atoms with Crippen molar-refractivity contribution in [2.45, 2.75) is 19.6 Å². The Morgan fingerprint density at radius 3 is 1.22 bits per heavy atom.